The summed E-state index contributed by atoms with van der Waals surface area (Å²) >= 11 is 12.0. The maximum Gasteiger partial charge on any atom is 0.191 e. The Labute approximate surface area is 170 Å². The summed E-state index contributed by atoms with van der Waals surface area (Å²) in [4.78, 5) is 4.50. The van der Waals surface area contributed by atoms with E-state index in [1.165, 1.54) is 0 Å². The SMILES string of the molecule is CCNC(=NCc1cc(Cl)c(Cl)n1C)NCC1CCS(=O)(=O)C1.I. The summed E-state index contributed by atoms with van der Waals surface area (Å²) in [6, 6.07) is 1.79. The summed E-state index contributed by atoms with van der Waals surface area (Å²) in [6.45, 7) is 3.73. The smallest absolute Gasteiger partial charge is 0.191 e. The second-order valence-electron chi connectivity index (χ2n) is 5.68. The Morgan fingerprint density at radius 1 is 1.42 bits per heavy atom. The average molecular weight is 509 g/mol. The van der Waals surface area contributed by atoms with Gasteiger partial charge in [-0.05, 0) is 25.3 Å². The number of hydrogen-bond donors (Lipinski definition) is 2. The number of rotatable bonds is 5. The molecule has 24 heavy (non-hydrogen) atoms. The minimum Gasteiger partial charge on any atom is -0.357 e. The molecule has 1 saturated heterocycles. The summed E-state index contributed by atoms with van der Waals surface area (Å²) in [7, 11) is -1.02. The van der Waals surface area contributed by atoms with Crippen molar-refractivity contribution in [3.8, 4) is 0 Å². The minimum atomic E-state index is -2.85. The molecule has 1 aromatic rings. The topological polar surface area (TPSA) is 75.5 Å². The van der Waals surface area contributed by atoms with Crippen LogP contribution >= 0.6 is 47.2 Å². The van der Waals surface area contributed by atoms with Gasteiger partial charge in [-0.25, -0.2) is 13.4 Å². The van der Waals surface area contributed by atoms with Crippen molar-refractivity contribution in [3.63, 3.8) is 0 Å². The van der Waals surface area contributed by atoms with Gasteiger partial charge in [0, 0.05) is 25.8 Å². The number of hydrogen-bond acceptors (Lipinski definition) is 3. The molecule has 0 aromatic carbocycles. The molecule has 1 aliphatic heterocycles. The van der Waals surface area contributed by atoms with E-state index in [-0.39, 0.29) is 41.4 Å². The molecule has 138 valence electrons. The van der Waals surface area contributed by atoms with Gasteiger partial charge < -0.3 is 15.2 Å². The van der Waals surface area contributed by atoms with E-state index in [0.717, 1.165) is 12.2 Å². The fraction of sp³-hybridized carbons (Fsp3) is 0.643. The van der Waals surface area contributed by atoms with Crippen molar-refractivity contribution >= 4 is 63.0 Å². The van der Waals surface area contributed by atoms with Crippen molar-refractivity contribution in [2.75, 3.05) is 24.6 Å². The Morgan fingerprint density at radius 3 is 2.62 bits per heavy atom. The highest BCUT2D eigenvalue weighted by Crippen LogP contribution is 2.25. The summed E-state index contributed by atoms with van der Waals surface area (Å²) in [5, 5.41) is 7.36. The van der Waals surface area contributed by atoms with E-state index in [1.54, 1.807) is 10.6 Å². The number of nitrogens with one attached hydrogen (secondary N) is 2. The molecule has 1 fully saturated rings. The van der Waals surface area contributed by atoms with Crippen molar-refractivity contribution in [3.05, 3.63) is 21.9 Å². The number of aliphatic imine (C=N–C) groups is 1. The molecule has 0 bridgehead atoms. The molecule has 1 unspecified atom stereocenters. The molecular weight excluding hydrogens is 486 g/mol. The summed E-state index contributed by atoms with van der Waals surface area (Å²) in [5.41, 5.74) is 0.903. The van der Waals surface area contributed by atoms with E-state index in [9.17, 15) is 8.42 Å². The second kappa shape index (κ2) is 9.49. The van der Waals surface area contributed by atoms with Crippen LogP contribution in [0.25, 0.3) is 0 Å². The van der Waals surface area contributed by atoms with Crippen molar-refractivity contribution in [1.82, 2.24) is 15.2 Å². The Kier molecular flexibility index (Phi) is 8.64. The third-order valence-electron chi connectivity index (χ3n) is 3.84. The molecule has 10 heteroatoms. The van der Waals surface area contributed by atoms with Crippen molar-refractivity contribution in [2.24, 2.45) is 18.0 Å². The van der Waals surface area contributed by atoms with Gasteiger partial charge in [-0.1, -0.05) is 23.2 Å². The lowest BCUT2D eigenvalue weighted by molar-refractivity contribution is 0.567. The fourth-order valence-corrected chi connectivity index (χ4v) is 4.79. The quantitative estimate of drug-likeness (QED) is 0.364. The predicted molar refractivity (Wildman–Crippen MR) is 110 cm³/mol. The number of halogens is 3. The van der Waals surface area contributed by atoms with E-state index in [0.29, 0.717) is 35.6 Å². The second-order valence-corrected chi connectivity index (χ2v) is 8.67. The molecule has 1 aromatic heterocycles. The standard InChI is InChI=1S/C14H22Cl2N4O2S.HI/c1-3-17-14(18-7-10-4-5-23(21,22)9-10)19-8-11-6-12(15)13(16)20(11)2;/h6,10H,3-5,7-9H2,1-2H3,(H2,17,18,19);1H. The molecule has 0 spiro atoms. The maximum absolute atomic E-state index is 11.5. The van der Waals surface area contributed by atoms with Gasteiger partial charge in [-0.2, -0.15) is 0 Å². The zero-order chi connectivity index (χ0) is 17.0. The lowest BCUT2D eigenvalue weighted by atomic mass is 10.1. The average Bonchev–Trinajstić information content (AvgIpc) is 2.96. The molecule has 0 amide bonds. The van der Waals surface area contributed by atoms with Crippen molar-refractivity contribution in [2.45, 2.75) is 19.9 Å². The largest absolute Gasteiger partial charge is 0.357 e. The highest BCUT2D eigenvalue weighted by molar-refractivity contribution is 14.0. The summed E-state index contributed by atoms with van der Waals surface area (Å²) in [5.74, 6) is 1.34. The summed E-state index contributed by atoms with van der Waals surface area (Å²) < 4.78 is 24.8. The van der Waals surface area contributed by atoms with Crippen molar-refractivity contribution < 1.29 is 8.42 Å². The lowest BCUT2D eigenvalue weighted by Crippen LogP contribution is -2.40. The van der Waals surface area contributed by atoms with Crippen LogP contribution in [-0.2, 0) is 23.4 Å². The zero-order valence-corrected chi connectivity index (χ0v) is 18.3. The molecule has 2 heterocycles. The van der Waals surface area contributed by atoms with Gasteiger partial charge in [0.15, 0.2) is 15.8 Å². The van der Waals surface area contributed by atoms with Crippen LogP contribution in [0.5, 0.6) is 0 Å². The van der Waals surface area contributed by atoms with Crippen LogP contribution in [0.15, 0.2) is 11.1 Å². The number of nitrogens with zero attached hydrogens (tertiary/aromatic N) is 2. The van der Waals surface area contributed by atoms with Crippen molar-refractivity contribution in [1.29, 1.82) is 0 Å². The van der Waals surface area contributed by atoms with Crippen LogP contribution in [-0.4, -0.2) is 43.5 Å². The van der Waals surface area contributed by atoms with Gasteiger partial charge in [-0.3, -0.25) is 0 Å². The Hall–Kier alpha value is -0.190. The van der Waals surface area contributed by atoms with Gasteiger partial charge in [-0.15, -0.1) is 24.0 Å². The highest BCUT2D eigenvalue weighted by atomic mass is 127. The summed E-state index contributed by atoms with van der Waals surface area (Å²) in [6.07, 6.45) is 0.706. The molecule has 2 N–H and O–H groups in total. The van der Waals surface area contributed by atoms with Gasteiger partial charge in [0.25, 0.3) is 0 Å². The van der Waals surface area contributed by atoms with Gasteiger partial charge in [0.1, 0.15) is 5.15 Å². The zero-order valence-electron chi connectivity index (χ0n) is 13.7. The van der Waals surface area contributed by atoms with Crippen LogP contribution in [0.1, 0.15) is 19.0 Å². The van der Waals surface area contributed by atoms with Gasteiger partial charge in [0.2, 0.25) is 0 Å². The Balaban J connectivity index is 0.00000288. The third kappa shape index (κ3) is 5.96. The van der Waals surface area contributed by atoms with E-state index in [1.807, 2.05) is 14.0 Å². The van der Waals surface area contributed by atoms with Crippen LogP contribution in [0.3, 0.4) is 0 Å². The van der Waals surface area contributed by atoms with Crippen LogP contribution < -0.4 is 10.6 Å². The molecule has 1 atom stereocenters. The molecule has 0 aliphatic carbocycles. The first-order valence-electron chi connectivity index (χ1n) is 7.54. The van der Waals surface area contributed by atoms with Crippen LogP contribution in [0.4, 0.5) is 0 Å². The molecular formula is C14H23Cl2IN4O2S. The molecule has 6 nitrogen and oxygen atoms in total. The Bertz CT molecular complexity index is 691. The minimum absolute atomic E-state index is 0. The van der Waals surface area contributed by atoms with Gasteiger partial charge in [0.05, 0.1) is 23.1 Å². The predicted octanol–water partition coefficient (Wildman–Crippen LogP) is 2.44. The van der Waals surface area contributed by atoms with E-state index in [2.05, 4.69) is 15.6 Å². The third-order valence-corrected chi connectivity index (χ3v) is 6.52. The van der Waals surface area contributed by atoms with Crippen LogP contribution in [0.2, 0.25) is 10.2 Å². The first-order valence-corrected chi connectivity index (χ1v) is 10.1. The number of guanidine groups is 1. The first kappa shape index (κ1) is 21.9. The monoisotopic (exact) mass is 508 g/mol. The number of sulfone groups is 1. The van der Waals surface area contributed by atoms with E-state index in [4.69, 9.17) is 23.2 Å². The molecule has 0 saturated carbocycles. The molecule has 1 aliphatic rings. The Morgan fingerprint density at radius 2 is 2.12 bits per heavy atom. The molecule has 0 radical (unpaired) electrons. The number of aromatic nitrogens is 1. The normalized spacial score (nSPS) is 19.8. The highest BCUT2D eigenvalue weighted by Gasteiger charge is 2.27. The van der Waals surface area contributed by atoms with Crippen LogP contribution in [0, 0.1) is 5.92 Å². The first-order chi connectivity index (χ1) is 10.8. The van der Waals surface area contributed by atoms with E-state index < -0.39 is 9.84 Å². The molecule has 2 rings (SSSR count). The lowest BCUT2D eigenvalue weighted by Gasteiger charge is -2.14. The van der Waals surface area contributed by atoms with E-state index >= 15 is 0 Å². The fourth-order valence-electron chi connectivity index (χ4n) is 2.52. The van der Waals surface area contributed by atoms with Gasteiger partial charge >= 0.3 is 0 Å². The maximum atomic E-state index is 11.5.